The van der Waals surface area contributed by atoms with Gasteiger partial charge in [0.2, 0.25) is 0 Å². The molecule has 0 atom stereocenters. The van der Waals surface area contributed by atoms with Crippen LogP contribution in [-0.4, -0.2) is 32.2 Å². The second-order valence-corrected chi connectivity index (χ2v) is 4.11. The summed E-state index contributed by atoms with van der Waals surface area (Å²) in [6.45, 7) is 3.86. The summed E-state index contributed by atoms with van der Waals surface area (Å²) in [6, 6.07) is 4.82. The van der Waals surface area contributed by atoms with Gasteiger partial charge in [-0.1, -0.05) is 18.2 Å². The molecule has 0 radical (unpaired) electrons. The second-order valence-electron chi connectivity index (χ2n) is 4.11. The van der Waals surface area contributed by atoms with E-state index in [1.54, 1.807) is 19.1 Å². The first kappa shape index (κ1) is 16.6. The monoisotopic (exact) mass is 292 g/mol. The van der Waals surface area contributed by atoms with Gasteiger partial charge in [0.1, 0.15) is 0 Å². The van der Waals surface area contributed by atoms with Crippen LogP contribution in [0, 0.1) is 0 Å². The van der Waals surface area contributed by atoms with Crippen molar-refractivity contribution in [2.75, 3.05) is 20.3 Å². The van der Waals surface area contributed by atoms with E-state index in [0.29, 0.717) is 18.0 Å². The highest BCUT2D eigenvalue weighted by Gasteiger charge is 2.10. The van der Waals surface area contributed by atoms with E-state index in [1.807, 2.05) is 25.1 Å². The number of amides is 3. The Balaban J connectivity index is 2.62. The molecule has 2 N–H and O–H groups in total. The molecule has 1 aromatic carbocycles. The normalized spacial score (nSPS) is 10.2. The van der Waals surface area contributed by atoms with Crippen LogP contribution in [0.25, 0.3) is 6.08 Å². The van der Waals surface area contributed by atoms with Gasteiger partial charge in [-0.05, 0) is 31.5 Å². The van der Waals surface area contributed by atoms with Crippen molar-refractivity contribution in [3.8, 4) is 11.5 Å². The summed E-state index contributed by atoms with van der Waals surface area (Å²) >= 11 is 0. The third-order valence-corrected chi connectivity index (χ3v) is 2.50. The van der Waals surface area contributed by atoms with E-state index in [1.165, 1.54) is 7.11 Å². The van der Waals surface area contributed by atoms with Gasteiger partial charge in [-0.2, -0.15) is 0 Å². The number of urea groups is 1. The number of hydrogen-bond acceptors (Lipinski definition) is 4. The topological polar surface area (TPSA) is 76.7 Å². The Morgan fingerprint density at radius 2 is 2.05 bits per heavy atom. The van der Waals surface area contributed by atoms with Crippen LogP contribution in [0.2, 0.25) is 0 Å². The number of nitrogens with one attached hydrogen (secondary N) is 2. The molecule has 0 fully saturated rings. The first-order chi connectivity index (χ1) is 10.1. The Labute approximate surface area is 124 Å². The Morgan fingerprint density at radius 3 is 2.67 bits per heavy atom. The molecule has 114 valence electrons. The van der Waals surface area contributed by atoms with Gasteiger partial charge in [0.05, 0.1) is 7.11 Å². The molecule has 0 spiro atoms. The molecule has 21 heavy (non-hydrogen) atoms. The summed E-state index contributed by atoms with van der Waals surface area (Å²) in [5, 5.41) is 4.61. The molecular weight excluding hydrogens is 272 g/mol. The average molecular weight is 292 g/mol. The molecule has 0 aliphatic heterocycles. The van der Waals surface area contributed by atoms with Crippen LogP contribution in [0.4, 0.5) is 4.79 Å². The molecule has 1 rings (SSSR count). The summed E-state index contributed by atoms with van der Waals surface area (Å²) in [6.07, 6.45) is 3.84. The highest BCUT2D eigenvalue weighted by molar-refractivity contribution is 5.94. The number of ether oxygens (including phenoxy) is 2. The van der Waals surface area contributed by atoms with Crippen LogP contribution < -0.4 is 20.1 Å². The summed E-state index contributed by atoms with van der Waals surface area (Å²) in [5.74, 6) is 0.439. The van der Waals surface area contributed by atoms with Crippen LogP contribution in [0.3, 0.4) is 0 Å². The quantitative estimate of drug-likeness (QED) is 0.840. The zero-order valence-corrected chi connectivity index (χ0v) is 12.4. The number of methoxy groups -OCH3 is 1. The average Bonchev–Trinajstić information content (AvgIpc) is 2.46. The van der Waals surface area contributed by atoms with Gasteiger partial charge in [0.25, 0.3) is 5.91 Å². The lowest BCUT2D eigenvalue weighted by molar-refractivity contribution is -0.122. The highest BCUT2D eigenvalue weighted by Crippen LogP contribution is 2.28. The fourth-order valence-corrected chi connectivity index (χ4v) is 1.61. The van der Waals surface area contributed by atoms with E-state index in [2.05, 4.69) is 10.6 Å². The molecule has 0 heterocycles. The molecule has 0 saturated heterocycles. The smallest absolute Gasteiger partial charge is 0.321 e. The number of hydrogen-bond donors (Lipinski definition) is 2. The lowest BCUT2D eigenvalue weighted by atomic mass is 10.2. The molecule has 6 heteroatoms. The van der Waals surface area contributed by atoms with Crippen molar-refractivity contribution in [3.05, 3.63) is 29.8 Å². The number of imide groups is 1. The van der Waals surface area contributed by atoms with Gasteiger partial charge < -0.3 is 14.8 Å². The molecule has 0 aromatic heterocycles. The SMILES string of the molecule is C/C=C/c1ccc(OCC(=O)NC(=O)NCC)c(OC)c1. The third kappa shape index (κ3) is 5.56. The fraction of sp³-hybridized carbons (Fsp3) is 0.333. The number of benzene rings is 1. The predicted molar refractivity (Wildman–Crippen MR) is 80.4 cm³/mol. The minimum Gasteiger partial charge on any atom is -0.493 e. The van der Waals surface area contributed by atoms with E-state index in [0.717, 1.165) is 5.56 Å². The first-order valence-electron chi connectivity index (χ1n) is 6.62. The lowest BCUT2D eigenvalue weighted by Crippen LogP contribution is -2.41. The van der Waals surface area contributed by atoms with Crippen molar-refractivity contribution in [1.29, 1.82) is 0 Å². The van der Waals surface area contributed by atoms with Gasteiger partial charge >= 0.3 is 6.03 Å². The Bertz CT molecular complexity index is 526. The van der Waals surface area contributed by atoms with E-state index in [9.17, 15) is 9.59 Å². The molecule has 3 amide bonds. The van der Waals surface area contributed by atoms with E-state index >= 15 is 0 Å². The summed E-state index contributed by atoms with van der Waals surface area (Å²) < 4.78 is 10.6. The van der Waals surface area contributed by atoms with Crippen molar-refractivity contribution in [3.63, 3.8) is 0 Å². The molecule has 0 unspecified atom stereocenters. The molecular formula is C15H20N2O4. The van der Waals surface area contributed by atoms with Gasteiger partial charge in [-0.15, -0.1) is 0 Å². The maximum absolute atomic E-state index is 11.5. The van der Waals surface area contributed by atoms with Crippen molar-refractivity contribution in [2.24, 2.45) is 0 Å². The minimum absolute atomic E-state index is 0.267. The molecule has 0 aliphatic carbocycles. The zero-order valence-electron chi connectivity index (χ0n) is 12.4. The van der Waals surface area contributed by atoms with Gasteiger partial charge in [0.15, 0.2) is 18.1 Å². The Kier molecular flexibility index (Phi) is 6.80. The Hall–Kier alpha value is -2.50. The largest absolute Gasteiger partial charge is 0.493 e. The zero-order chi connectivity index (χ0) is 15.7. The second kappa shape index (κ2) is 8.63. The molecule has 1 aromatic rings. The van der Waals surface area contributed by atoms with Crippen molar-refractivity contribution in [1.82, 2.24) is 10.6 Å². The molecule has 0 saturated carbocycles. The van der Waals surface area contributed by atoms with E-state index in [-0.39, 0.29) is 6.61 Å². The van der Waals surface area contributed by atoms with E-state index < -0.39 is 11.9 Å². The van der Waals surface area contributed by atoms with Crippen LogP contribution in [-0.2, 0) is 4.79 Å². The van der Waals surface area contributed by atoms with E-state index in [4.69, 9.17) is 9.47 Å². The van der Waals surface area contributed by atoms with Crippen LogP contribution in [0.1, 0.15) is 19.4 Å². The van der Waals surface area contributed by atoms with Gasteiger partial charge in [-0.25, -0.2) is 4.79 Å². The van der Waals surface area contributed by atoms with Crippen molar-refractivity contribution in [2.45, 2.75) is 13.8 Å². The summed E-state index contributed by atoms with van der Waals surface area (Å²) in [4.78, 5) is 22.7. The number of carbonyl (C=O) groups excluding carboxylic acids is 2. The van der Waals surface area contributed by atoms with Crippen LogP contribution in [0.15, 0.2) is 24.3 Å². The third-order valence-electron chi connectivity index (χ3n) is 2.50. The van der Waals surface area contributed by atoms with Crippen molar-refractivity contribution >= 4 is 18.0 Å². The summed E-state index contributed by atoms with van der Waals surface area (Å²) in [7, 11) is 1.52. The minimum atomic E-state index is -0.540. The number of carbonyl (C=O) groups is 2. The first-order valence-corrected chi connectivity index (χ1v) is 6.62. The van der Waals surface area contributed by atoms with Gasteiger partial charge in [-0.3, -0.25) is 10.1 Å². The lowest BCUT2D eigenvalue weighted by Gasteiger charge is -2.11. The fourth-order valence-electron chi connectivity index (χ4n) is 1.61. The predicted octanol–water partition coefficient (Wildman–Crippen LogP) is 1.95. The van der Waals surface area contributed by atoms with Crippen molar-refractivity contribution < 1.29 is 19.1 Å². The van der Waals surface area contributed by atoms with Gasteiger partial charge in [0, 0.05) is 6.54 Å². The highest BCUT2D eigenvalue weighted by atomic mass is 16.5. The summed E-state index contributed by atoms with van der Waals surface area (Å²) in [5.41, 5.74) is 0.966. The van der Waals surface area contributed by atoms with Crippen LogP contribution >= 0.6 is 0 Å². The molecule has 6 nitrogen and oxygen atoms in total. The molecule has 0 bridgehead atoms. The van der Waals surface area contributed by atoms with Crippen LogP contribution in [0.5, 0.6) is 11.5 Å². The maximum Gasteiger partial charge on any atom is 0.321 e. The number of rotatable bonds is 6. The number of allylic oxidation sites excluding steroid dienone is 1. The standard InChI is InChI=1S/C15H20N2O4/c1-4-6-11-7-8-12(13(9-11)20-3)21-10-14(18)17-15(19)16-5-2/h4,6-9H,5,10H2,1-3H3,(H2,16,17,18,19)/b6-4+. The molecule has 0 aliphatic rings. The maximum atomic E-state index is 11.5. The Morgan fingerprint density at radius 1 is 1.29 bits per heavy atom.